The second-order valence-electron chi connectivity index (χ2n) is 5.16. The number of fused-ring (bicyclic) bond motifs is 1. The minimum atomic E-state index is -0.263. The van der Waals surface area contributed by atoms with Crippen molar-refractivity contribution >= 4 is 11.0 Å². The van der Waals surface area contributed by atoms with Crippen molar-refractivity contribution < 1.29 is 5.11 Å². The molecule has 0 aliphatic heterocycles. The fourth-order valence-electron chi connectivity index (χ4n) is 2.32. The van der Waals surface area contributed by atoms with Crippen molar-refractivity contribution in [2.75, 3.05) is 0 Å². The van der Waals surface area contributed by atoms with Gasteiger partial charge in [-0.2, -0.15) is 4.80 Å². The number of benzene rings is 2. The highest BCUT2D eigenvalue weighted by atomic mass is 16.3. The summed E-state index contributed by atoms with van der Waals surface area (Å²) in [4.78, 5) is 1.61. The van der Waals surface area contributed by atoms with Crippen LogP contribution in [-0.4, -0.2) is 20.1 Å². The Hall–Kier alpha value is -2.66. The number of hydrogen-bond donors (Lipinski definition) is 2. The third-order valence-corrected chi connectivity index (χ3v) is 3.58. The molecule has 1 aromatic heterocycles. The predicted octanol–water partition coefficient (Wildman–Crippen LogP) is 3.27. The molecule has 3 aromatic rings. The number of rotatable bonds is 4. The first-order valence-corrected chi connectivity index (χ1v) is 7.19. The third kappa shape index (κ3) is 2.84. The summed E-state index contributed by atoms with van der Waals surface area (Å²) in [6.07, 6.45) is 2.07. The standard InChI is InChI=1S/C17H18N4O/c1-2-14(22)11-15(18)12-6-5-7-13(10-12)21-19-16-8-3-4-9-17(16)20-21/h2-10,15,22H,11,18H2,1H3. The third-order valence-electron chi connectivity index (χ3n) is 3.58. The van der Waals surface area contributed by atoms with Crippen LogP contribution in [-0.2, 0) is 0 Å². The van der Waals surface area contributed by atoms with Gasteiger partial charge in [0.2, 0.25) is 0 Å². The molecule has 22 heavy (non-hydrogen) atoms. The Labute approximate surface area is 128 Å². The predicted molar refractivity (Wildman–Crippen MR) is 86.8 cm³/mol. The van der Waals surface area contributed by atoms with E-state index in [1.54, 1.807) is 17.8 Å². The highest BCUT2D eigenvalue weighted by molar-refractivity contribution is 5.73. The lowest BCUT2D eigenvalue weighted by Gasteiger charge is -2.12. The summed E-state index contributed by atoms with van der Waals surface area (Å²) < 4.78 is 0. The first-order valence-electron chi connectivity index (χ1n) is 7.19. The van der Waals surface area contributed by atoms with Gasteiger partial charge >= 0.3 is 0 Å². The van der Waals surface area contributed by atoms with Crippen LogP contribution >= 0.6 is 0 Å². The van der Waals surface area contributed by atoms with Crippen molar-refractivity contribution in [1.29, 1.82) is 0 Å². The fourth-order valence-corrected chi connectivity index (χ4v) is 2.32. The molecule has 3 rings (SSSR count). The summed E-state index contributed by atoms with van der Waals surface area (Å²) in [5.41, 5.74) is 9.63. The van der Waals surface area contributed by atoms with Gasteiger partial charge < -0.3 is 10.8 Å². The van der Waals surface area contributed by atoms with Crippen LogP contribution in [0.25, 0.3) is 16.7 Å². The summed E-state index contributed by atoms with van der Waals surface area (Å²) in [7, 11) is 0. The molecular weight excluding hydrogens is 276 g/mol. The Morgan fingerprint density at radius 1 is 1.18 bits per heavy atom. The lowest BCUT2D eigenvalue weighted by atomic mass is 10.0. The molecule has 0 aliphatic carbocycles. The van der Waals surface area contributed by atoms with Gasteiger partial charge in [0.05, 0.1) is 11.4 Å². The maximum absolute atomic E-state index is 9.62. The molecule has 1 heterocycles. The first-order chi connectivity index (χ1) is 10.7. The lowest BCUT2D eigenvalue weighted by Crippen LogP contribution is -2.12. The van der Waals surface area contributed by atoms with Crippen molar-refractivity contribution in [2.45, 2.75) is 19.4 Å². The Morgan fingerprint density at radius 3 is 2.50 bits per heavy atom. The molecule has 5 heteroatoms. The largest absolute Gasteiger partial charge is 0.513 e. The van der Waals surface area contributed by atoms with E-state index in [4.69, 9.17) is 5.73 Å². The van der Waals surface area contributed by atoms with Crippen molar-refractivity contribution in [3.05, 3.63) is 65.9 Å². The molecule has 2 aromatic carbocycles. The molecular formula is C17H18N4O. The highest BCUT2D eigenvalue weighted by Crippen LogP contribution is 2.20. The van der Waals surface area contributed by atoms with Gasteiger partial charge in [0.25, 0.3) is 0 Å². The Bertz CT molecular complexity index is 789. The number of aromatic nitrogens is 3. The van der Waals surface area contributed by atoms with Gasteiger partial charge in [-0.05, 0) is 42.8 Å². The van der Waals surface area contributed by atoms with Crippen LogP contribution in [0.3, 0.4) is 0 Å². The molecule has 0 fully saturated rings. The van der Waals surface area contributed by atoms with E-state index in [2.05, 4.69) is 10.2 Å². The Kier molecular flexibility index (Phi) is 3.89. The quantitative estimate of drug-likeness (QED) is 0.724. The SMILES string of the molecule is CC=C(O)CC(N)c1cccc(-n2nc3ccccc3n2)c1. The summed E-state index contributed by atoms with van der Waals surface area (Å²) >= 11 is 0. The van der Waals surface area contributed by atoms with E-state index >= 15 is 0 Å². The number of hydrogen-bond acceptors (Lipinski definition) is 4. The zero-order chi connectivity index (χ0) is 15.5. The molecule has 5 nitrogen and oxygen atoms in total. The van der Waals surface area contributed by atoms with E-state index in [1.807, 2.05) is 48.5 Å². The monoisotopic (exact) mass is 294 g/mol. The van der Waals surface area contributed by atoms with E-state index in [1.165, 1.54) is 0 Å². The van der Waals surface area contributed by atoms with E-state index in [0.717, 1.165) is 22.3 Å². The lowest BCUT2D eigenvalue weighted by molar-refractivity contribution is 0.374. The van der Waals surface area contributed by atoms with Crippen LogP contribution in [0.2, 0.25) is 0 Å². The maximum atomic E-state index is 9.62. The zero-order valence-corrected chi connectivity index (χ0v) is 12.3. The average molecular weight is 294 g/mol. The van der Waals surface area contributed by atoms with E-state index in [9.17, 15) is 5.11 Å². The number of nitrogens with zero attached hydrogens (tertiary/aromatic N) is 3. The van der Waals surface area contributed by atoms with Crippen LogP contribution in [0.1, 0.15) is 24.9 Å². The smallest absolute Gasteiger partial charge is 0.113 e. The van der Waals surface area contributed by atoms with Crippen molar-refractivity contribution in [1.82, 2.24) is 15.0 Å². The van der Waals surface area contributed by atoms with Crippen LogP contribution in [0.5, 0.6) is 0 Å². The fraction of sp³-hybridized carbons (Fsp3) is 0.176. The molecule has 1 unspecified atom stereocenters. The summed E-state index contributed by atoms with van der Waals surface area (Å²) in [5, 5.41) is 18.6. The summed E-state index contributed by atoms with van der Waals surface area (Å²) in [5.74, 6) is 0.292. The Balaban J connectivity index is 1.93. The van der Waals surface area contributed by atoms with Crippen LogP contribution < -0.4 is 5.73 Å². The van der Waals surface area contributed by atoms with Crippen LogP contribution in [0.4, 0.5) is 0 Å². The molecule has 3 N–H and O–H groups in total. The number of allylic oxidation sites excluding steroid dienone is 1. The molecule has 0 spiro atoms. The first kappa shape index (κ1) is 14.3. The normalized spacial score (nSPS) is 13.5. The molecule has 0 saturated carbocycles. The minimum absolute atomic E-state index is 0.263. The van der Waals surface area contributed by atoms with Gasteiger partial charge in [-0.25, -0.2) is 0 Å². The second-order valence-corrected chi connectivity index (χ2v) is 5.16. The van der Waals surface area contributed by atoms with Crippen molar-refractivity contribution in [2.24, 2.45) is 5.73 Å². The maximum Gasteiger partial charge on any atom is 0.113 e. The van der Waals surface area contributed by atoms with Gasteiger partial charge in [-0.15, -0.1) is 10.2 Å². The van der Waals surface area contributed by atoms with Gasteiger partial charge in [0.15, 0.2) is 0 Å². The van der Waals surface area contributed by atoms with Crippen molar-refractivity contribution in [3.63, 3.8) is 0 Å². The van der Waals surface area contributed by atoms with E-state index < -0.39 is 0 Å². The van der Waals surface area contributed by atoms with E-state index in [-0.39, 0.29) is 6.04 Å². The molecule has 1 atom stereocenters. The average Bonchev–Trinajstić information content (AvgIpc) is 2.99. The van der Waals surface area contributed by atoms with E-state index in [0.29, 0.717) is 12.2 Å². The van der Waals surface area contributed by atoms with Gasteiger partial charge in [-0.3, -0.25) is 0 Å². The Morgan fingerprint density at radius 2 is 1.86 bits per heavy atom. The number of aliphatic hydroxyl groups is 1. The topological polar surface area (TPSA) is 77.0 Å². The summed E-state index contributed by atoms with van der Waals surface area (Å²) in [6, 6.07) is 15.2. The minimum Gasteiger partial charge on any atom is -0.513 e. The molecule has 0 bridgehead atoms. The highest BCUT2D eigenvalue weighted by Gasteiger charge is 2.10. The number of nitrogens with two attached hydrogens (primary N) is 1. The molecule has 0 saturated heterocycles. The molecule has 0 radical (unpaired) electrons. The number of aliphatic hydroxyl groups excluding tert-OH is 1. The molecule has 0 aliphatic rings. The molecule has 112 valence electrons. The van der Waals surface area contributed by atoms with Crippen molar-refractivity contribution in [3.8, 4) is 5.69 Å². The van der Waals surface area contributed by atoms with Gasteiger partial charge in [0.1, 0.15) is 11.0 Å². The second kappa shape index (κ2) is 5.99. The van der Waals surface area contributed by atoms with Gasteiger partial charge in [-0.1, -0.05) is 24.3 Å². The van der Waals surface area contributed by atoms with Crippen LogP contribution in [0.15, 0.2) is 60.4 Å². The zero-order valence-electron chi connectivity index (χ0n) is 12.3. The summed E-state index contributed by atoms with van der Waals surface area (Å²) in [6.45, 7) is 1.79. The van der Waals surface area contributed by atoms with Gasteiger partial charge in [0, 0.05) is 12.5 Å². The van der Waals surface area contributed by atoms with Crippen LogP contribution in [0, 0.1) is 0 Å². The molecule has 0 amide bonds.